The molecule has 1 heterocycles. The molecule has 0 saturated carbocycles. The first-order valence-electron chi connectivity index (χ1n) is 4.31. The maximum atomic E-state index is 11.6. The lowest BCUT2D eigenvalue weighted by molar-refractivity contribution is 0.0893. The first-order chi connectivity index (χ1) is 6.25. The molecule has 0 aliphatic heterocycles. The molecular formula is C10H14O3. The van der Waals surface area contributed by atoms with Crippen molar-refractivity contribution in [2.24, 2.45) is 5.92 Å². The van der Waals surface area contributed by atoms with E-state index in [0.717, 1.165) is 6.42 Å². The van der Waals surface area contributed by atoms with Gasteiger partial charge >= 0.3 is 0 Å². The van der Waals surface area contributed by atoms with Gasteiger partial charge in [0.2, 0.25) is 0 Å². The van der Waals surface area contributed by atoms with Crippen LogP contribution in [0, 0.1) is 5.92 Å². The third-order valence-electron chi connectivity index (χ3n) is 2.01. The van der Waals surface area contributed by atoms with E-state index in [9.17, 15) is 4.79 Å². The Morgan fingerprint density at radius 2 is 2.46 bits per heavy atom. The van der Waals surface area contributed by atoms with E-state index in [1.54, 1.807) is 13.2 Å². The molecule has 0 fully saturated rings. The summed E-state index contributed by atoms with van der Waals surface area (Å²) in [4.78, 5) is 11.6. The van der Waals surface area contributed by atoms with Crippen molar-refractivity contribution in [3.63, 3.8) is 0 Å². The molecule has 0 N–H and O–H groups in total. The number of methoxy groups -OCH3 is 1. The number of hydrogen-bond donors (Lipinski definition) is 0. The number of carbonyl (C=O) groups excluding carboxylic acids is 1. The summed E-state index contributed by atoms with van der Waals surface area (Å²) in [5.74, 6) is 0.114. The van der Waals surface area contributed by atoms with Crippen LogP contribution in [0.5, 0.6) is 0 Å². The Morgan fingerprint density at radius 3 is 3.00 bits per heavy atom. The first kappa shape index (κ1) is 9.99. The predicted molar refractivity (Wildman–Crippen MR) is 48.7 cm³/mol. The summed E-state index contributed by atoms with van der Waals surface area (Å²) < 4.78 is 9.74. The summed E-state index contributed by atoms with van der Waals surface area (Å²) in [6, 6.07) is 1.69. The second-order valence-corrected chi connectivity index (χ2v) is 3.06. The molecule has 1 unspecified atom stereocenters. The molecule has 72 valence electrons. The lowest BCUT2D eigenvalue weighted by Gasteiger charge is -2.07. The summed E-state index contributed by atoms with van der Waals surface area (Å²) in [6.45, 7) is 2.51. The molecule has 0 aliphatic rings. The van der Waals surface area contributed by atoms with Gasteiger partial charge in [-0.1, -0.05) is 6.92 Å². The van der Waals surface area contributed by atoms with Gasteiger partial charge in [-0.15, -0.1) is 0 Å². The maximum absolute atomic E-state index is 11.6. The van der Waals surface area contributed by atoms with Gasteiger partial charge in [0.15, 0.2) is 5.78 Å². The van der Waals surface area contributed by atoms with Gasteiger partial charge in [0.05, 0.1) is 11.8 Å². The molecule has 0 aliphatic carbocycles. The van der Waals surface area contributed by atoms with Crippen molar-refractivity contribution in [2.75, 3.05) is 13.7 Å². The molecule has 1 aromatic heterocycles. The van der Waals surface area contributed by atoms with Crippen LogP contribution in [0.4, 0.5) is 0 Å². The van der Waals surface area contributed by atoms with E-state index in [2.05, 4.69) is 0 Å². The summed E-state index contributed by atoms with van der Waals surface area (Å²) >= 11 is 0. The average molecular weight is 182 g/mol. The van der Waals surface area contributed by atoms with Crippen LogP contribution in [0.15, 0.2) is 23.0 Å². The highest BCUT2D eigenvalue weighted by molar-refractivity contribution is 5.97. The Hall–Kier alpha value is -1.09. The van der Waals surface area contributed by atoms with E-state index in [0.29, 0.717) is 12.2 Å². The van der Waals surface area contributed by atoms with Crippen molar-refractivity contribution in [1.29, 1.82) is 0 Å². The summed E-state index contributed by atoms with van der Waals surface area (Å²) in [6.07, 6.45) is 3.74. The smallest absolute Gasteiger partial charge is 0.168 e. The van der Waals surface area contributed by atoms with Crippen LogP contribution in [0.1, 0.15) is 23.7 Å². The topological polar surface area (TPSA) is 39.4 Å². The summed E-state index contributed by atoms with van der Waals surface area (Å²) in [7, 11) is 1.63. The fourth-order valence-corrected chi connectivity index (χ4v) is 1.11. The van der Waals surface area contributed by atoms with Gasteiger partial charge in [-0.3, -0.25) is 4.79 Å². The SMILES string of the molecule is COCCC(C)C(=O)c1ccoc1. The Kier molecular flexibility index (Phi) is 3.71. The van der Waals surface area contributed by atoms with Gasteiger partial charge in [0, 0.05) is 19.6 Å². The van der Waals surface area contributed by atoms with Crippen molar-refractivity contribution < 1.29 is 13.9 Å². The predicted octanol–water partition coefficient (Wildman–Crippen LogP) is 2.13. The molecule has 3 heteroatoms. The number of furan rings is 1. The zero-order chi connectivity index (χ0) is 9.68. The molecule has 0 spiro atoms. The van der Waals surface area contributed by atoms with E-state index in [4.69, 9.17) is 9.15 Å². The second-order valence-electron chi connectivity index (χ2n) is 3.06. The minimum Gasteiger partial charge on any atom is -0.472 e. The quantitative estimate of drug-likeness (QED) is 0.655. The minimum absolute atomic E-state index is 0.00227. The minimum atomic E-state index is -0.00227. The largest absolute Gasteiger partial charge is 0.472 e. The van der Waals surface area contributed by atoms with Crippen LogP contribution in [0.2, 0.25) is 0 Å². The fourth-order valence-electron chi connectivity index (χ4n) is 1.11. The van der Waals surface area contributed by atoms with Crippen molar-refractivity contribution in [2.45, 2.75) is 13.3 Å². The van der Waals surface area contributed by atoms with Crippen molar-refractivity contribution in [3.05, 3.63) is 24.2 Å². The van der Waals surface area contributed by atoms with Crippen LogP contribution in [0.3, 0.4) is 0 Å². The van der Waals surface area contributed by atoms with Crippen LogP contribution in [-0.4, -0.2) is 19.5 Å². The monoisotopic (exact) mass is 182 g/mol. The summed E-state index contributed by atoms with van der Waals surface area (Å²) in [5.41, 5.74) is 0.642. The molecule has 0 bridgehead atoms. The van der Waals surface area contributed by atoms with Crippen LogP contribution >= 0.6 is 0 Å². The van der Waals surface area contributed by atoms with Crippen LogP contribution in [0.25, 0.3) is 0 Å². The number of carbonyl (C=O) groups is 1. The number of Topliss-reactive ketones (excluding diaryl/α,β-unsaturated/α-hetero) is 1. The molecule has 0 radical (unpaired) electrons. The van der Waals surface area contributed by atoms with E-state index in [1.165, 1.54) is 12.5 Å². The van der Waals surface area contributed by atoms with Gasteiger partial charge in [-0.05, 0) is 12.5 Å². The Morgan fingerprint density at radius 1 is 1.69 bits per heavy atom. The van der Waals surface area contributed by atoms with Crippen molar-refractivity contribution in [3.8, 4) is 0 Å². The molecule has 1 rings (SSSR count). The van der Waals surface area contributed by atoms with Crippen molar-refractivity contribution in [1.82, 2.24) is 0 Å². The molecule has 0 amide bonds. The number of ketones is 1. The van der Waals surface area contributed by atoms with Gasteiger partial charge in [0.1, 0.15) is 6.26 Å². The molecule has 13 heavy (non-hydrogen) atoms. The van der Waals surface area contributed by atoms with Gasteiger partial charge < -0.3 is 9.15 Å². The molecule has 0 saturated heterocycles. The second kappa shape index (κ2) is 4.82. The summed E-state index contributed by atoms with van der Waals surface area (Å²) in [5, 5.41) is 0. The van der Waals surface area contributed by atoms with Gasteiger partial charge in [0.25, 0.3) is 0 Å². The molecule has 1 atom stereocenters. The maximum Gasteiger partial charge on any atom is 0.168 e. The molecule has 1 aromatic rings. The normalized spacial score (nSPS) is 12.8. The molecular weight excluding hydrogens is 168 g/mol. The zero-order valence-corrected chi connectivity index (χ0v) is 7.95. The highest BCUT2D eigenvalue weighted by Gasteiger charge is 2.15. The van der Waals surface area contributed by atoms with E-state index < -0.39 is 0 Å². The van der Waals surface area contributed by atoms with Crippen LogP contribution < -0.4 is 0 Å². The highest BCUT2D eigenvalue weighted by Crippen LogP contribution is 2.12. The van der Waals surface area contributed by atoms with E-state index in [-0.39, 0.29) is 11.7 Å². The van der Waals surface area contributed by atoms with E-state index in [1.807, 2.05) is 6.92 Å². The van der Waals surface area contributed by atoms with Crippen molar-refractivity contribution >= 4 is 5.78 Å². The third-order valence-corrected chi connectivity index (χ3v) is 2.01. The van der Waals surface area contributed by atoms with Gasteiger partial charge in [-0.2, -0.15) is 0 Å². The lowest BCUT2D eigenvalue weighted by Crippen LogP contribution is -2.12. The third kappa shape index (κ3) is 2.70. The average Bonchev–Trinajstić information content (AvgIpc) is 2.65. The first-order valence-corrected chi connectivity index (χ1v) is 4.31. The van der Waals surface area contributed by atoms with Gasteiger partial charge in [-0.25, -0.2) is 0 Å². The Balaban J connectivity index is 2.48. The number of hydrogen-bond acceptors (Lipinski definition) is 3. The molecule has 3 nitrogen and oxygen atoms in total. The Labute approximate surface area is 77.7 Å². The lowest BCUT2D eigenvalue weighted by atomic mass is 9.99. The standard InChI is InChI=1S/C10H14O3/c1-8(3-5-12-2)10(11)9-4-6-13-7-9/h4,6-8H,3,5H2,1-2H3. The fraction of sp³-hybridized carbons (Fsp3) is 0.500. The Bertz CT molecular complexity index is 251. The highest BCUT2D eigenvalue weighted by atomic mass is 16.5. The zero-order valence-electron chi connectivity index (χ0n) is 7.95. The van der Waals surface area contributed by atoms with E-state index >= 15 is 0 Å². The number of rotatable bonds is 5. The molecule has 0 aromatic carbocycles. The van der Waals surface area contributed by atoms with Crippen LogP contribution in [-0.2, 0) is 4.74 Å². The number of ether oxygens (including phenoxy) is 1.